The van der Waals surface area contributed by atoms with E-state index in [4.69, 9.17) is 0 Å². The summed E-state index contributed by atoms with van der Waals surface area (Å²) in [5, 5.41) is 10.3. The molecule has 1 N–H and O–H groups in total. The largest absolute Gasteiger partial charge is 0.480 e. The van der Waals surface area contributed by atoms with Crippen LogP contribution in [0, 0.1) is 17.7 Å². The number of hydrogen-bond acceptors (Lipinski definition) is 4. The summed E-state index contributed by atoms with van der Waals surface area (Å²) in [7, 11) is 0. The molecular weight excluding hydrogens is 479 g/mol. The molecule has 1 aliphatic carbocycles. The summed E-state index contributed by atoms with van der Waals surface area (Å²) in [4.78, 5) is 21.8. The van der Waals surface area contributed by atoms with Crippen LogP contribution in [0.15, 0.2) is 54.9 Å². The molecule has 0 radical (unpaired) electrons. The molecule has 38 heavy (non-hydrogen) atoms. The second kappa shape index (κ2) is 11.1. The number of fused-ring (bicyclic) bond motifs is 1. The number of benzene rings is 2. The number of carbonyl (C=O) groups is 1. The molecule has 0 bridgehead atoms. The highest BCUT2D eigenvalue weighted by Gasteiger charge is 2.43. The van der Waals surface area contributed by atoms with Crippen LogP contribution in [-0.4, -0.2) is 69.2 Å². The molecule has 2 saturated heterocycles. The van der Waals surface area contributed by atoms with Gasteiger partial charge in [0.25, 0.3) is 0 Å². The number of imidazole rings is 1. The Kier molecular flexibility index (Phi) is 7.48. The minimum atomic E-state index is -0.641. The van der Waals surface area contributed by atoms with Crippen LogP contribution in [0.3, 0.4) is 0 Å². The zero-order chi connectivity index (χ0) is 26.1. The van der Waals surface area contributed by atoms with Gasteiger partial charge in [-0.25, -0.2) is 9.37 Å². The van der Waals surface area contributed by atoms with E-state index in [1.54, 1.807) is 0 Å². The number of likely N-dealkylation sites (tertiary alicyclic amines) is 2. The Balaban J connectivity index is 1.15. The van der Waals surface area contributed by atoms with E-state index in [9.17, 15) is 14.3 Å². The number of rotatable bonds is 7. The maximum Gasteiger partial charge on any atom is 0.321 e. The summed E-state index contributed by atoms with van der Waals surface area (Å²) in [6.07, 6.45) is 9.56. The van der Waals surface area contributed by atoms with Crippen LogP contribution in [0.2, 0.25) is 0 Å². The number of halogens is 1. The van der Waals surface area contributed by atoms with E-state index in [1.807, 2.05) is 12.4 Å². The minimum absolute atomic E-state index is 0.246. The molecule has 1 aromatic heterocycles. The van der Waals surface area contributed by atoms with Gasteiger partial charge in [-0.05, 0) is 55.2 Å². The van der Waals surface area contributed by atoms with Crippen LogP contribution >= 0.6 is 0 Å². The van der Waals surface area contributed by atoms with E-state index in [1.165, 1.54) is 24.1 Å². The summed E-state index contributed by atoms with van der Waals surface area (Å²) < 4.78 is 15.8. The first-order valence-corrected chi connectivity index (χ1v) is 14.4. The number of piperidine rings is 1. The lowest BCUT2D eigenvalue weighted by Gasteiger charge is -2.36. The van der Waals surface area contributed by atoms with Crippen molar-refractivity contribution >= 4 is 17.0 Å². The van der Waals surface area contributed by atoms with Gasteiger partial charge in [0.05, 0.1) is 17.4 Å². The quantitative estimate of drug-likeness (QED) is 0.444. The molecule has 3 unspecified atom stereocenters. The maximum atomic E-state index is 13.6. The van der Waals surface area contributed by atoms with Crippen LogP contribution in [0.4, 0.5) is 4.39 Å². The van der Waals surface area contributed by atoms with Crippen molar-refractivity contribution in [1.82, 2.24) is 19.4 Å². The van der Waals surface area contributed by atoms with E-state index in [0.29, 0.717) is 17.9 Å². The first kappa shape index (κ1) is 25.5. The van der Waals surface area contributed by atoms with E-state index in [2.05, 4.69) is 49.7 Å². The minimum Gasteiger partial charge on any atom is -0.480 e. The Morgan fingerprint density at radius 1 is 1.00 bits per heavy atom. The second-order valence-electron chi connectivity index (χ2n) is 11.7. The third kappa shape index (κ3) is 5.23. The van der Waals surface area contributed by atoms with Crippen molar-refractivity contribution in [2.24, 2.45) is 11.8 Å². The van der Waals surface area contributed by atoms with Crippen LogP contribution in [0.1, 0.15) is 62.5 Å². The van der Waals surface area contributed by atoms with Gasteiger partial charge in [-0.3, -0.25) is 9.69 Å². The van der Waals surface area contributed by atoms with Crippen LogP contribution in [-0.2, 0) is 4.79 Å². The number of nitrogens with zero attached hydrogens (tertiary/aromatic N) is 4. The smallest absolute Gasteiger partial charge is 0.321 e. The predicted molar refractivity (Wildman–Crippen MR) is 147 cm³/mol. The predicted octanol–water partition coefficient (Wildman–Crippen LogP) is 5.56. The van der Waals surface area contributed by atoms with Gasteiger partial charge >= 0.3 is 5.97 Å². The fourth-order valence-corrected chi connectivity index (χ4v) is 7.51. The molecule has 3 aromatic rings. The average Bonchev–Trinajstić information content (AvgIpc) is 3.54. The average molecular weight is 519 g/mol. The van der Waals surface area contributed by atoms with Gasteiger partial charge < -0.3 is 14.6 Å². The molecule has 7 heteroatoms. The first-order chi connectivity index (χ1) is 18.6. The Morgan fingerprint density at radius 3 is 2.50 bits per heavy atom. The molecule has 6 rings (SSSR count). The second-order valence-corrected chi connectivity index (χ2v) is 11.7. The fourth-order valence-electron chi connectivity index (χ4n) is 7.51. The van der Waals surface area contributed by atoms with E-state index in [0.717, 1.165) is 82.3 Å². The zero-order valence-electron chi connectivity index (χ0n) is 22.1. The van der Waals surface area contributed by atoms with Gasteiger partial charge in [0, 0.05) is 50.7 Å². The summed E-state index contributed by atoms with van der Waals surface area (Å²) in [5.41, 5.74) is 3.05. The monoisotopic (exact) mass is 518 g/mol. The molecule has 0 spiro atoms. The number of carboxylic acid groups (broad SMARTS) is 1. The van der Waals surface area contributed by atoms with Gasteiger partial charge in [-0.15, -0.1) is 0 Å². The topological polar surface area (TPSA) is 61.6 Å². The van der Waals surface area contributed by atoms with Crippen molar-refractivity contribution < 1.29 is 14.3 Å². The molecule has 3 aliphatic rings. The highest BCUT2D eigenvalue weighted by Crippen LogP contribution is 2.39. The van der Waals surface area contributed by atoms with Crippen molar-refractivity contribution in [3.8, 4) is 0 Å². The van der Waals surface area contributed by atoms with Crippen LogP contribution < -0.4 is 0 Å². The highest BCUT2D eigenvalue weighted by atomic mass is 19.1. The van der Waals surface area contributed by atoms with Crippen molar-refractivity contribution in [1.29, 1.82) is 0 Å². The molecule has 1 saturated carbocycles. The Labute approximate surface area is 224 Å². The normalized spacial score (nSPS) is 25.2. The Hall–Kier alpha value is -2.77. The lowest BCUT2D eigenvalue weighted by atomic mass is 9.83. The highest BCUT2D eigenvalue weighted by molar-refractivity contribution is 5.75. The molecule has 2 aliphatic heterocycles. The molecule has 0 amide bonds. The van der Waals surface area contributed by atoms with E-state index in [-0.39, 0.29) is 17.8 Å². The number of aromatic nitrogens is 2. The third-order valence-electron chi connectivity index (χ3n) is 9.42. The first-order valence-electron chi connectivity index (χ1n) is 14.4. The molecule has 6 nitrogen and oxygen atoms in total. The lowest BCUT2D eigenvalue weighted by molar-refractivity contribution is -0.145. The molecule has 202 valence electrons. The maximum absolute atomic E-state index is 13.6. The van der Waals surface area contributed by atoms with Gasteiger partial charge in [0.1, 0.15) is 11.9 Å². The summed E-state index contributed by atoms with van der Waals surface area (Å²) in [6.45, 7) is 4.69. The number of hydrogen-bond donors (Lipinski definition) is 1. The summed E-state index contributed by atoms with van der Waals surface area (Å²) >= 11 is 0. The molecule has 2 aromatic carbocycles. The van der Waals surface area contributed by atoms with Gasteiger partial charge in [0.2, 0.25) is 0 Å². The third-order valence-corrected chi connectivity index (χ3v) is 9.42. The van der Waals surface area contributed by atoms with Crippen LogP contribution in [0.5, 0.6) is 0 Å². The van der Waals surface area contributed by atoms with E-state index >= 15 is 0 Å². The van der Waals surface area contributed by atoms with Gasteiger partial charge in [-0.2, -0.15) is 0 Å². The SMILES string of the molecule is O=C(O)C(C1CCCCC1)N1CC(CN2CCC(n3cnc4cc(F)ccc43)CC2)C(c2ccccc2)C1. The van der Waals surface area contributed by atoms with Crippen molar-refractivity contribution in [2.75, 3.05) is 32.7 Å². The Morgan fingerprint density at radius 2 is 1.76 bits per heavy atom. The summed E-state index contributed by atoms with van der Waals surface area (Å²) in [6, 6.07) is 15.6. The number of carboxylic acids is 1. The lowest BCUT2D eigenvalue weighted by Crippen LogP contribution is -2.46. The molecule has 3 atom stereocenters. The Bertz CT molecular complexity index is 1230. The number of aliphatic carboxylic acids is 1. The van der Waals surface area contributed by atoms with Crippen molar-refractivity contribution in [3.05, 3.63) is 66.2 Å². The van der Waals surface area contributed by atoms with Crippen molar-refractivity contribution in [3.63, 3.8) is 0 Å². The molecule has 3 fully saturated rings. The van der Waals surface area contributed by atoms with Gasteiger partial charge in [0.15, 0.2) is 0 Å². The standard InChI is InChI=1S/C31H39FN4O2/c32-25-11-12-29-28(17-25)33-21-36(29)26-13-15-34(16-14-26)18-24-19-35(20-27(24)22-7-3-1-4-8-22)30(31(37)38)23-9-5-2-6-10-23/h1,3-4,7-8,11-12,17,21,23-24,26-27,30H,2,5-6,9-10,13-16,18-20H2,(H,37,38). The summed E-state index contributed by atoms with van der Waals surface area (Å²) in [5.74, 6) is 0.149. The fraction of sp³-hybridized carbons (Fsp3) is 0.548. The van der Waals surface area contributed by atoms with Gasteiger partial charge in [-0.1, -0.05) is 49.6 Å². The molecular formula is C31H39FN4O2. The van der Waals surface area contributed by atoms with Crippen molar-refractivity contribution in [2.45, 2.75) is 62.9 Å². The molecule has 3 heterocycles. The zero-order valence-corrected chi connectivity index (χ0v) is 22.1. The van der Waals surface area contributed by atoms with Crippen LogP contribution in [0.25, 0.3) is 11.0 Å². The van der Waals surface area contributed by atoms with E-state index < -0.39 is 5.97 Å².